The molecule has 2 unspecified atom stereocenters. The first-order chi connectivity index (χ1) is 8.77. The highest BCUT2D eigenvalue weighted by molar-refractivity contribution is 8.70. The number of rotatable bonds is 8. The van der Waals surface area contributed by atoms with Gasteiger partial charge >= 0.3 is 11.9 Å². The van der Waals surface area contributed by atoms with Gasteiger partial charge in [0, 0.05) is 18.4 Å². The Bertz CT molecular complexity index is 389. The summed E-state index contributed by atoms with van der Waals surface area (Å²) in [6.07, 6.45) is 0. The van der Waals surface area contributed by atoms with Gasteiger partial charge in [-0.2, -0.15) is 0 Å². The number of carbonyl (C=O) groups is 3. The highest BCUT2D eigenvalue weighted by Crippen LogP contribution is 2.13. The van der Waals surface area contributed by atoms with E-state index in [0.717, 1.165) is 17.7 Å². The Hall–Kier alpha value is -1.17. The van der Waals surface area contributed by atoms with Crippen molar-refractivity contribution in [3.05, 3.63) is 0 Å². The normalized spacial score (nSPS) is 15.5. The van der Waals surface area contributed by atoms with Gasteiger partial charge in [0.25, 0.3) is 0 Å². The zero-order valence-electron chi connectivity index (χ0n) is 9.98. The average molecular weight is 313 g/mol. The van der Waals surface area contributed by atoms with Crippen LogP contribution in [0.5, 0.6) is 0 Å². The highest BCUT2D eigenvalue weighted by Gasteiger charge is 2.22. The van der Waals surface area contributed by atoms with E-state index < -0.39 is 39.7 Å². The van der Waals surface area contributed by atoms with Crippen molar-refractivity contribution in [3.63, 3.8) is 0 Å². The van der Waals surface area contributed by atoms with Crippen LogP contribution >= 0.6 is 10.8 Å². The van der Waals surface area contributed by atoms with Crippen LogP contribution in [-0.2, 0) is 24.1 Å². The second-order valence-corrected chi connectivity index (χ2v) is 6.96. The molecule has 0 aromatic rings. The summed E-state index contributed by atoms with van der Waals surface area (Å²) >= 11 is 0. The van der Waals surface area contributed by atoms with Crippen LogP contribution in [0.25, 0.3) is 0 Å². The maximum atomic E-state index is 10.9. The number of carboxylic acids is 2. The zero-order valence-corrected chi connectivity index (χ0v) is 11.6. The van der Waals surface area contributed by atoms with E-state index in [1.54, 1.807) is 0 Å². The molecule has 6 N–H and O–H groups in total. The molecule has 3 atom stereocenters. The molecule has 0 fully saturated rings. The molecule has 0 saturated carbocycles. The van der Waals surface area contributed by atoms with Gasteiger partial charge in [0.2, 0.25) is 5.91 Å². The van der Waals surface area contributed by atoms with Gasteiger partial charge < -0.3 is 21.3 Å². The Morgan fingerprint density at radius 2 is 1.95 bits per heavy atom. The van der Waals surface area contributed by atoms with Crippen molar-refractivity contribution in [1.29, 1.82) is 0 Å². The standard InChI is InChI=1S/C8H15N3O6S2/c1-4(12)10-6(8(15)16)3-19(11-17)18-2-5(9)7(13)14/h5-6,17H,2-3,9H2,1H3,(H,10,12)(H,13,14)(H,15,16)/t5?,6-,19?/m0/s1. The van der Waals surface area contributed by atoms with E-state index in [9.17, 15) is 14.4 Å². The van der Waals surface area contributed by atoms with E-state index in [4.69, 9.17) is 21.2 Å². The van der Waals surface area contributed by atoms with Gasteiger partial charge in [0.1, 0.15) is 12.1 Å². The van der Waals surface area contributed by atoms with Crippen molar-refractivity contribution in [2.24, 2.45) is 10.3 Å². The first-order valence-corrected chi connectivity index (χ1v) is 7.81. The molecule has 0 aromatic heterocycles. The average Bonchev–Trinajstić information content (AvgIpc) is 2.31. The summed E-state index contributed by atoms with van der Waals surface area (Å²) in [7, 11) is -0.256. The van der Waals surface area contributed by atoms with Crippen molar-refractivity contribution in [3.8, 4) is 0 Å². The van der Waals surface area contributed by atoms with E-state index in [-0.39, 0.29) is 11.5 Å². The minimum Gasteiger partial charge on any atom is -0.480 e. The third-order valence-electron chi connectivity index (χ3n) is 1.78. The molecule has 1 amide bonds. The van der Waals surface area contributed by atoms with Gasteiger partial charge in [0.05, 0.1) is 0 Å². The van der Waals surface area contributed by atoms with Crippen LogP contribution in [0.2, 0.25) is 0 Å². The minimum atomic E-state index is -1.26. The molecule has 11 heteroatoms. The molecule has 0 heterocycles. The van der Waals surface area contributed by atoms with Crippen LogP contribution in [-0.4, -0.2) is 56.9 Å². The molecular formula is C8H15N3O6S2. The molecule has 0 aromatic carbocycles. The van der Waals surface area contributed by atoms with Crippen LogP contribution in [0, 0.1) is 0 Å². The van der Waals surface area contributed by atoms with Crippen molar-refractivity contribution in [1.82, 2.24) is 5.32 Å². The number of amides is 1. The predicted molar refractivity (Wildman–Crippen MR) is 69.8 cm³/mol. The van der Waals surface area contributed by atoms with Crippen LogP contribution in [0.15, 0.2) is 4.53 Å². The maximum Gasteiger partial charge on any atom is 0.327 e. The molecule has 0 saturated heterocycles. The van der Waals surface area contributed by atoms with Gasteiger partial charge in [-0.25, -0.2) is 4.79 Å². The van der Waals surface area contributed by atoms with Crippen LogP contribution < -0.4 is 11.1 Å². The smallest absolute Gasteiger partial charge is 0.327 e. The SMILES string of the molecule is CC(=O)N[C@@H](CS(=NO)SCC(N)C(=O)O)C(=O)O. The molecule has 0 bridgehead atoms. The lowest BCUT2D eigenvalue weighted by molar-refractivity contribution is -0.140. The summed E-state index contributed by atoms with van der Waals surface area (Å²) in [5, 5.41) is 28.4. The number of nitrogens with zero attached hydrogens (tertiary/aromatic N) is 1. The number of carbonyl (C=O) groups excluding carboxylic acids is 1. The fraction of sp³-hybridized carbons (Fsp3) is 0.625. The summed E-state index contributed by atoms with van der Waals surface area (Å²) in [5.41, 5.74) is 5.27. The Labute approximate surface area is 115 Å². The molecule has 0 aliphatic carbocycles. The first-order valence-electron chi connectivity index (χ1n) is 4.95. The third kappa shape index (κ3) is 7.77. The molecule has 0 aliphatic heterocycles. The van der Waals surface area contributed by atoms with Gasteiger partial charge in [-0.1, -0.05) is 10.8 Å². The second-order valence-electron chi connectivity index (χ2n) is 3.39. The summed E-state index contributed by atoms with van der Waals surface area (Å²) < 4.78 is 2.98. The predicted octanol–water partition coefficient (Wildman–Crippen LogP) is -1.17. The number of aliphatic carboxylic acids is 2. The molecule has 19 heavy (non-hydrogen) atoms. The molecule has 0 rings (SSSR count). The summed E-state index contributed by atoms with van der Waals surface area (Å²) in [6.45, 7) is 1.16. The third-order valence-corrected chi connectivity index (χ3v) is 5.18. The van der Waals surface area contributed by atoms with E-state index in [1.165, 1.54) is 0 Å². The van der Waals surface area contributed by atoms with Crippen LogP contribution in [0.1, 0.15) is 6.92 Å². The van der Waals surface area contributed by atoms with Gasteiger partial charge in [-0.3, -0.25) is 14.8 Å². The van der Waals surface area contributed by atoms with Crippen molar-refractivity contribution in [2.75, 3.05) is 11.5 Å². The van der Waals surface area contributed by atoms with Crippen molar-refractivity contribution in [2.45, 2.75) is 19.0 Å². The largest absolute Gasteiger partial charge is 0.480 e. The Kier molecular flexibility index (Phi) is 8.30. The molecule has 110 valence electrons. The molecule has 0 spiro atoms. The number of hydrogen-bond acceptors (Lipinski definition) is 6. The Morgan fingerprint density at radius 1 is 1.37 bits per heavy atom. The lowest BCUT2D eigenvalue weighted by atomic mass is 10.3. The van der Waals surface area contributed by atoms with E-state index in [0.29, 0.717) is 0 Å². The van der Waals surface area contributed by atoms with Gasteiger partial charge in [-0.15, -0.1) is 4.53 Å². The number of carboxylic acid groups (broad SMARTS) is 2. The molecular weight excluding hydrogens is 298 g/mol. The highest BCUT2D eigenvalue weighted by atomic mass is 33.1. The fourth-order valence-electron chi connectivity index (χ4n) is 0.891. The van der Waals surface area contributed by atoms with E-state index in [1.807, 2.05) is 0 Å². The van der Waals surface area contributed by atoms with Gasteiger partial charge in [0.15, 0.2) is 0 Å². The zero-order chi connectivity index (χ0) is 15.0. The second kappa shape index (κ2) is 8.85. The van der Waals surface area contributed by atoms with Crippen LogP contribution in [0.4, 0.5) is 0 Å². The van der Waals surface area contributed by atoms with Crippen LogP contribution in [0.3, 0.4) is 0 Å². The van der Waals surface area contributed by atoms with Crippen molar-refractivity contribution >= 4 is 38.4 Å². The molecule has 0 aliphatic rings. The fourth-order valence-corrected chi connectivity index (χ4v) is 3.81. The Balaban J connectivity index is 4.49. The lowest BCUT2D eigenvalue weighted by Crippen LogP contribution is -2.43. The molecule has 0 radical (unpaired) electrons. The quantitative estimate of drug-likeness (QED) is 0.276. The minimum absolute atomic E-state index is 0.0328. The van der Waals surface area contributed by atoms with E-state index in [2.05, 4.69) is 9.84 Å². The first kappa shape index (κ1) is 17.8. The topological polar surface area (TPSA) is 162 Å². The monoisotopic (exact) mass is 313 g/mol. The molecule has 9 nitrogen and oxygen atoms in total. The number of hydrogen-bond donors (Lipinski definition) is 5. The number of nitrogens with one attached hydrogen (secondary N) is 1. The summed E-state index contributed by atoms with van der Waals surface area (Å²) in [6, 6.07) is -2.34. The van der Waals surface area contributed by atoms with Crippen molar-refractivity contribution < 1.29 is 29.8 Å². The Morgan fingerprint density at radius 3 is 2.32 bits per heavy atom. The lowest BCUT2D eigenvalue weighted by Gasteiger charge is -2.14. The van der Waals surface area contributed by atoms with Gasteiger partial charge in [-0.05, 0) is 9.72 Å². The maximum absolute atomic E-state index is 10.9. The number of nitrogens with two attached hydrogens (primary N) is 1. The van der Waals surface area contributed by atoms with E-state index >= 15 is 0 Å². The summed E-state index contributed by atoms with van der Waals surface area (Å²) in [5.74, 6) is -3.18. The summed E-state index contributed by atoms with van der Waals surface area (Å²) in [4.78, 5) is 32.2.